The van der Waals surface area contributed by atoms with Crippen LogP contribution in [0.2, 0.25) is 0 Å². The van der Waals surface area contributed by atoms with E-state index in [-0.39, 0.29) is 0 Å². The van der Waals surface area contributed by atoms with Crippen LogP contribution in [-0.2, 0) is 20.1 Å². The lowest BCUT2D eigenvalue weighted by Crippen LogP contribution is -2.00. The van der Waals surface area contributed by atoms with Crippen LogP contribution in [0, 0.1) is 0 Å². The highest BCUT2D eigenvalue weighted by atomic mass is 15.3. The lowest BCUT2D eigenvalue weighted by atomic mass is 10.2. The topological polar surface area (TPSA) is 55.6 Å². The first kappa shape index (κ1) is 8.55. The highest BCUT2D eigenvalue weighted by Gasteiger charge is 2.14. The molecule has 0 fully saturated rings. The van der Waals surface area contributed by atoms with Crippen molar-refractivity contribution in [2.24, 2.45) is 7.05 Å². The third kappa shape index (κ3) is 1.41. The molecule has 1 aliphatic heterocycles. The molecule has 0 bridgehead atoms. The van der Waals surface area contributed by atoms with Gasteiger partial charge in [-0.2, -0.15) is 5.10 Å². The first-order valence-electron chi connectivity index (χ1n) is 4.88. The summed E-state index contributed by atoms with van der Waals surface area (Å²) in [6.45, 7) is 1.70. The van der Waals surface area contributed by atoms with Gasteiger partial charge < -0.3 is 5.32 Å². The molecule has 0 unspecified atom stereocenters. The van der Waals surface area contributed by atoms with Crippen LogP contribution >= 0.6 is 0 Å². The Hall–Kier alpha value is -1.75. The van der Waals surface area contributed by atoms with Crippen LogP contribution in [0.3, 0.4) is 0 Å². The van der Waals surface area contributed by atoms with E-state index in [1.54, 1.807) is 4.68 Å². The van der Waals surface area contributed by atoms with Crippen LogP contribution in [0.4, 0.5) is 0 Å². The van der Waals surface area contributed by atoms with Crippen molar-refractivity contribution in [3.8, 4) is 11.5 Å². The first-order valence-corrected chi connectivity index (χ1v) is 4.88. The van der Waals surface area contributed by atoms with Gasteiger partial charge in [0.15, 0.2) is 5.82 Å². The number of nitrogens with zero attached hydrogens (tertiary/aromatic N) is 4. The van der Waals surface area contributed by atoms with Crippen molar-refractivity contribution >= 4 is 0 Å². The minimum atomic E-state index is 0.707. The predicted molar refractivity (Wildman–Crippen MR) is 54.8 cm³/mol. The molecule has 1 aliphatic rings. The minimum absolute atomic E-state index is 0.707. The lowest BCUT2D eigenvalue weighted by Gasteiger charge is -1.98. The third-order valence-corrected chi connectivity index (χ3v) is 2.50. The van der Waals surface area contributed by atoms with Gasteiger partial charge in [-0.15, -0.1) is 0 Å². The summed E-state index contributed by atoms with van der Waals surface area (Å²) in [6.07, 6.45) is 3.77. The maximum atomic E-state index is 4.49. The van der Waals surface area contributed by atoms with Crippen LogP contribution in [0.5, 0.6) is 0 Å². The van der Waals surface area contributed by atoms with Gasteiger partial charge in [0.1, 0.15) is 5.69 Å². The average molecular weight is 201 g/mol. The van der Waals surface area contributed by atoms with Gasteiger partial charge in [0, 0.05) is 38.1 Å². The molecule has 0 aliphatic carbocycles. The Labute approximate surface area is 87.2 Å². The molecule has 15 heavy (non-hydrogen) atoms. The fourth-order valence-electron chi connectivity index (χ4n) is 1.72. The Morgan fingerprint density at radius 2 is 2.33 bits per heavy atom. The molecule has 5 heteroatoms. The normalized spacial score (nSPS) is 14.2. The van der Waals surface area contributed by atoms with Gasteiger partial charge in [0.2, 0.25) is 0 Å². The van der Waals surface area contributed by atoms with E-state index in [1.807, 2.05) is 25.5 Å². The molecule has 0 atom stereocenters. The van der Waals surface area contributed by atoms with E-state index in [9.17, 15) is 0 Å². The van der Waals surface area contributed by atoms with Crippen molar-refractivity contribution in [2.75, 3.05) is 0 Å². The summed E-state index contributed by atoms with van der Waals surface area (Å²) in [5.74, 6) is 0.707. The number of nitrogens with one attached hydrogen (secondary N) is 1. The molecule has 1 N–H and O–H groups in total. The van der Waals surface area contributed by atoms with Crippen LogP contribution in [0.15, 0.2) is 18.5 Å². The highest BCUT2D eigenvalue weighted by molar-refractivity contribution is 5.48. The van der Waals surface area contributed by atoms with Gasteiger partial charge in [-0.05, 0) is 6.07 Å². The fraction of sp³-hybridized carbons (Fsp3) is 0.300. The molecule has 3 rings (SSSR count). The van der Waals surface area contributed by atoms with Crippen LogP contribution in [-0.4, -0.2) is 19.7 Å². The summed E-state index contributed by atoms with van der Waals surface area (Å²) < 4.78 is 1.75. The molecule has 2 aromatic heterocycles. The maximum absolute atomic E-state index is 4.49. The summed E-state index contributed by atoms with van der Waals surface area (Å²) in [7, 11) is 1.89. The summed E-state index contributed by atoms with van der Waals surface area (Å²) in [5.41, 5.74) is 3.10. The van der Waals surface area contributed by atoms with Crippen LogP contribution in [0.25, 0.3) is 11.5 Å². The van der Waals surface area contributed by atoms with E-state index in [2.05, 4.69) is 20.4 Å². The molecule has 3 heterocycles. The quantitative estimate of drug-likeness (QED) is 0.729. The fourth-order valence-corrected chi connectivity index (χ4v) is 1.72. The number of hydrogen-bond donors (Lipinski definition) is 1. The van der Waals surface area contributed by atoms with Crippen molar-refractivity contribution in [1.29, 1.82) is 0 Å². The first-order chi connectivity index (χ1) is 7.33. The zero-order valence-electron chi connectivity index (χ0n) is 8.44. The highest BCUT2D eigenvalue weighted by Crippen LogP contribution is 2.16. The molecular weight excluding hydrogens is 190 g/mol. The molecule has 0 amide bonds. The SMILES string of the molecule is Cn1ccc(-c2ncc3c(n2)CNC3)n1. The van der Waals surface area contributed by atoms with Gasteiger partial charge in [-0.3, -0.25) is 4.68 Å². The van der Waals surface area contributed by atoms with E-state index >= 15 is 0 Å². The maximum Gasteiger partial charge on any atom is 0.180 e. The van der Waals surface area contributed by atoms with Crippen molar-refractivity contribution in [1.82, 2.24) is 25.1 Å². The van der Waals surface area contributed by atoms with Crippen LogP contribution in [0.1, 0.15) is 11.3 Å². The molecule has 0 spiro atoms. The molecule has 0 saturated heterocycles. The molecule has 76 valence electrons. The number of rotatable bonds is 1. The summed E-state index contributed by atoms with van der Waals surface area (Å²) in [4.78, 5) is 8.79. The Bertz CT molecular complexity index is 502. The molecule has 0 saturated carbocycles. The van der Waals surface area contributed by atoms with E-state index in [0.717, 1.165) is 24.5 Å². The summed E-state index contributed by atoms with van der Waals surface area (Å²) in [6, 6.07) is 1.92. The predicted octanol–water partition coefficient (Wildman–Crippen LogP) is 0.480. The zero-order valence-corrected chi connectivity index (χ0v) is 8.44. The molecule has 2 aromatic rings. The second-order valence-corrected chi connectivity index (χ2v) is 3.64. The van der Waals surface area contributed by atoms with E-state index < -0.39 is 0 Å². The number of aryl methyl sites for hydroxylation is 1. The van der Waals surface area contributed by atoms with E-state index in [1.165, 1.54) is 5.56 Å². The Morgan fingerprint density at radius 1 is 1.40 bits per heavy atom. The molecular formula is C10H11N5. The van der Waals surface area contributed by atoms with Gasteiger partial charge in [0.05, 0.1) is 5.69 Å². The summed E-state index contributed by atoms with van der Waals surface area (Å²) >= 11 is 0. The van der Waals surface area contributed by atoms with Gasteiger partial charge in [0.25, 0.3) is 0 Å². The van der Waals surface area contributed by atoms with Crippen molar-refractivity contribution in [2.45, 2.75) is 13.1 Å². The van der Waals surface area contributed by atoms with Crippen molar-refractivity contribution in [3.05, 3.63) is 29.7 Å². The zero-order chi connectivity index (χ0) is 10.3. The number of hydrogen-bond acceptors (Lipinski definition) is 4. The lowest BCUT2D eigenvalue weighted by molar-refractivity contribution is 0.756. The third-order valence-electron chi connectivity index (χ3n) is 2.50. The second-order valence-electron chi connectivity index (χ2n) is 3.64. The number of fused-ring (bicyclic) bond motifs is 1. The molecule has 0 aromatic carbocycles. The Balaban J connectivity index is 2.06. The van der Waals surface area contributed by atoms with Crippen LogP contribution < -0.4 is 5.32 Å². The van der Waals surface area contributed by atoms with E-state index in [0.29, 0.717) is 5.82 Å². The average Bonchev–Trinajstić information content (AvgIpc) is 2.84. The Morgan fingerprint density at radius 3 is 3.13 bits per heavy atom. The van der Waals surface area contributed by atoms with E-state index in [4.69, 9.17) is 0 Å². The Kier molecular flexibility index (Phi) is 1.78. The van der Waals surface area contributed by atoms with Crippen molar-refractivity contribution < 1.29 is 0 Å². The minimum Gasteiger partial charge on any atom is -0.307 e. The molecule has 0 radical (unpaired) electrons. The van der Waals surface area contributed by atoms with Gasteiger partial charge in [-0.25, -0.2) is 9.97 Å². The van der Waals surface area contributed by atoms with Crippen molar-refractivity contribution in [3.63, 3.8) is 0 Å². The largest absolute Gasteiger partial charge is 0.307 e. The second kappa shape index (κ2) is 3.13. The monoisotopic (exact) mass is 201 g/mol. The summed E-state index contributed by atoms with van der Waals surface area (Å²) in [5, 5.41) is 7.52. The van der Waals surface area contributed by atoms with Gasteiger partial charge >= 0.3 is 0 Å². The standard InChI is InChI=1S/C10H11N5/c1-15-3-2-8(14-15)10-12-5-7-4-11-6-9(7)13-10/h2-3,5,11H,4,6H2,1H3. The smallest absolute Gasteiger partial charge is 0.180 e. The number of aromatic nitrogens is 4. The molecule has 5 nitrogen and oxygen atoms in total. The van der Waals surface area contributed by atoms with Gasteiger partial charge in [-0.1, -0.05) is 0 Å².